The lowest BCUT2D eigenvalue weighted by Gasteiger charge is -2.31. The highest BCUT2D eigenvalue weighted by Gasteiger charge is 2.61. The first-order valence-corrected chi connectivity index (χ1v) is 13.2. The monoisotopic (exact) mass is 554 g/mol. The highest BCUT2D eigenvalue weighted by atomic mass is 35.5. The van der Waals surface area contributed by atoms with Crippen LogP contribution in [-0.4, -0.2) is 46.0 Å². The van der Waals surface area contributed by atoms with Gasteiger partial charge in [0.15, 0.2) is 5.78 Å². The van der Waals surface area contributed by atoms with Gasteiger partial charge < -0.3 is 4.74 Å². The molecular weight excluding hydrogens is 532 g/mol. The third kappa shape index (κ3) is 4.40. The predicted octanol–water partition coefficient (Wildman–Crippen LogP) is 4.61. The first-order chi connectivity index (χ1) is 19.3. The minimum Gasteiger partial charge on any atom is -0.423 e. The Bertz CT molecular complexity index is 1540. The van der Waals surface area contributed by atoms with Gasteiger partial charge in [-0.3, -0.25) is 19.2 Å². The lowest BCUT2D eigenvalue weighted by atomic mass is 9.85. The van der Waals surface area contributed by atoms with Gasteiger partial charge in [-0.1, -0.05) is 54.1 Å². The number of hydrazine groups is 1. The van der Waals surface area contributed by atoms with E-state index in [0.717, 1.165) is 16.4 Å². The Hall–Kier alpha value is -4.56. The van der Waals surface area contributed by atoms with Crippen molar-refractivity contribution in [3.05, 3.63) is 113 Å². The zero-order chi connectivity index (χ0) is 28.0. The number of hydrogen-bond acceptors (Lipinski definition) is 6. The number of allylic oxidation sites excluding steroid dienone is 2. The van der Waals surface area contributed by atoms with E-state index in [1.807, 2.05) is 12.2 Å². The van der Waals surface area contributed by atoms with Gasteiger partial charge in [0.1, 0.15) is 12.3 Å². The molecule has 1 heterocycles. The lowest BCUT2D eigenvalue weighted by Crippen LogP contribution is -2.52. The number of ether oxygens (including phenoxy) is 1. The van der Waals surface area contributed by atoms with Crippen molar-refractivity contribution in [1.82, 2.24) is 10.0 Å². The van der Waals surface area contributed by atoms with Crippen LogP contribution in [0, 0.1) is 23.7 Å². The number of ketones is 1. The second-order valence-corrected chi connectivity index (χ2v) is 10.4. The van der Waals surface area contributed by atoms with Crippen LogP contribution in [0.1, 0.15) is 37.5 Å². The summed E-state index contributed by atoms with van der Waals surface area (Å²) < 4.78 is 5.37. The molecule has 0 N–H and O–H groups in total. The van der Waals surface area contributed by atoms with Gasteiger partial charge in [-0.05, 0) is 66.8 Å². The van der Waals surface area contributed by atoms with Crippen LogP contribution in [0.25, 0.3) is 0 Å². The van der Waals surface area contributed by atoms with Gasteiger partial charge in [0, 0.05) is 5.56 Å². The second kappa shape index (κ2) is 10.2. The molecule has 2 fully saturated rings. The maximum Gasteiger partial charge on any atom is 0.343 e. The SMILES string of the molecule is O=C(CN(C(=O)c1ccccc1Cl)N1C(=O)[C@H]2[C@H](C1=O)[C@H]1C=C[C@H]2C1)c1ccc(OC(=O)c2ccccc2)cc1. The number of halogens is 1. The Morgan fingerprint density at radius 3 is 2.02 bits per heavy atom. The van der Waals surface area contributed by atoms with Crippen LogP contribution >= 0.6 is 11.6 Å². The fraction of sp³-hybridized carbons (Fsp3) is 0.194. The molecule has 1 saturated carbocycles. The number of amides is 3. The molecule has 6 rings (SSSR count). The first-order valence-electron chi connectivity index (χ1n) is 12.9. The summed E-state index contributed by atoms with van der Waals surface area (Å²) in [6.07, 6.45) is 4.65. The summed E-state index contributed by atoms with van der Waals surface area (Å²) in [5.41, 5.74) is 0.654. The highest BCUT2D eigenvalue weighted by Crippen LogP contribution is 2.52. The van der Waals surface area contributed by atoms with E-state index in [0.29, 0.717) is 5.56 Å². The fourth-order valence-electron chi connectivity index (χ4n) is 5.81. The first kappa shape index (κ1) is 25.7. The van der Waals surface area contributed by atoms with Crippen molar-refractivity contribution < 1.29 is 28.7 Å². The van der Waals surface area contributed by atoms with Gasteiger partial charge in [0.05, 0.1) is 28.0 Å². The third-order valence-corrected chi connectivity index (χ3v) is 8.05. The van der Waals surface area contributed by atoms with E-state index in [-0.39, 0.29) is 33.7 Å². The maximum absolute atomic E-state index is 13.7. The number of carbonyl (C=O) groups excluding carboxylic acids is 5. The van der Waals surface area contributed by atoms with Crippen molar-refractivity contribution in [3.8, 4) is 5.75 Å². The zero-order valence-electron chi connectivity index (χ0n) is 21.1. The second-order valence-electron chi connectivity index (χ2n) is 10.0. The van der Waals surface area contributed by atoms with Crippen LogP contribution in [0.5, 0.6) is 5.75 Å². The van der Waals surface area contributed by atoms with E-state index in [9.17, 15) is 24.0 Å². The number of fused-ring (bicyclic) bond motifs is 5. The van der Waals surface area contributed by atoms with E-state index in [2.05, 4.69) is 0 Å². The normalized spacial score (nSPS) is 22.4. The van der Waals surface area contributed by atoms with E-state index in [1.54, 1.807) is 42.5 Å². The van der Waals surface area contributed by atoms with E-state index >= 15 is 0 Å². The molecule has 200 valence electrons. The number of Topliss-reactive ketones (excluding diaryl/α,β-unsaturated/α-hetero) is 1. The molecule has 1 aliphatic heterocycles. The van der Waals surface area contributed by atoms with Gasteiger partial charge in [-0.2, -0.15) is 5.01 Å². The molecule has 0 aromatic heterocycles. The molecule has 2 bridgehead atoms. The Morgan fingerprint density at radius 2 is 1.40 bits per heavy atom. The van der Waals surface area contributed by atoms with Gasteiger partial charge in [0.2, 0.25) is 0 Å². The minimum atomic E-state index is -0.727. The molecule has 4 atom stereocenters. The summed E-state index contributed by atoms with van der Waals surface area (Å²) in [4.78, 5) is 66.5. The Balaban J connectivity index is 1.25. The van der Waals surface area contributed by atoms with Gasteiger partial charge in [-0.25, -0.2) is 9.80 Å². The molecule has 0 spiro atoms. The van der Waals surface area contributed by atoms with Crippen LogP contribution in [0.3, 0.4) is 0 Å². The van der Waals surface area contributed by atoms with Gasteiger partial charge in [0.25, 0.3) is 17.7 Å². The van der Waals surface area contributed by atoms with Crippen LogP contribution in [-0.2, 0) is 9.59 Å². The van der Waals surface area contributed by atoms with Crippen molar-refractivity contribution >= 4 is 41.1 Å². The van der Waals surface area contributed by atoms with Crippen LogP contribution in [0.15, 0.2) is 91.0 Å². The molecular formula is C31H23ClN2O6. The van der Waals surface area contributed by atoms with Crippen LogP contribution in [0.4, 0.5) is 0 Å². The number of rotatable bonds is 7. The summed E-state index contributed by atoms with van der Waals surface area (Å²) >= 11 is 6.28. The van der Waals surface area contributed by atoms with Gasteiger partial charge in [-0.15, -0.1) is 0 Å². The Kier molecular flexibility index (Phi) is 6.56. The maximum atomic E-state index is 13.7. The fourth-order valence-corrected chi connectivity index (χ4v) is 6.02. The summed E-state index contributed by atoms with van der Waals surface area (Å²) in [5, 5.41) is 1.90. The smallest absolute Gasteiger partial charge is 0.343 e. The number of imide groups is 1. The molecule has 3 aromatic carbocycles. The lowest BCUT2D eigenvalue weighted by molar-refractivity contribution is -0.154. The van der Waals surface area contributed by atoms with E-state index in [4.69, 9.17) is 16.3 Å². The topological polar surface area (TPSA) is 101 Å². The van der Waals surface area contributed by atoms with Crippen LogP contribution in [0.2, 0.25) is 5.02 Å². The summed E-state index contributed by atoms with van der Waals surface area (Å²) in [7, 11) is 0. The Morgan fingerprint density at radius 1 is 0.800 bits per heavy atom. The third-order valence-electron chi connectivity index (χ3n) is 7.72. The molecule has 3 aliphatic rings. The molecule has 0 unspecified atom stereocenters. The van der Waals surface area contributed by atoms with Crippen molar-refractivity contribution in [3.63, 3.8) is 0 Å². The zero-order valence-corrected chi connectivity index (χ0v) is 21.9. The van der Waals surface area contributed by atoms with E-state index in [1.165, 1.54) is 36.4 Å². The molecule has 0 radical (unpaired) electrons. The molecule has 3 amide bonds. The molecule has 8 nitrogen and oxygen atoms in total. The quantitative estimate of drug-likeness (QED) is 0.139. The minimum absolute atomic E-state index is 0.0597. The molecule has 2 aliphatic carbocycles. The van der Waals surface area contributed by atoms with Crippen molar-refractivity contribution in [2.45, 2.75) is 6.42 Å². The van der Waals surface area contributed by atoms with Gasteiger partial charge >= 0.3 is 5.97 Å². The number of carbonyl (C=O) groups is 5. The number of nitrogens with zero attached hydrogens (tertiary/aromatic N) is 2. The molecule has 40 heavy (non-hydrogen) atoms. The predicted molar refractivity (Wildman–Crippen MR) is 144 cm³/mol. The number of esters is 1. The summed E-state index contributed by atoms with van der Waals surface area (Å²) in [5.74, 6) is -3.73. The van der Waals surface area contributed by atoms with Crippen molar-refractivity contribution in [2.24, 2.45) is 23.7 Å². The van der Waals surface area contributed by atoms with E-state index < -0.39 is 47.9 Å². The highest BCUT2D eigenvalue weighted by molar-refractivity contribution is 6.34. The van der Waals surface area contributed by atoms with Crippen LogP contribution < -0.4 is 4.74 Å². The Labute approximate surface area is 234 Å². The largest absolute Gasteiger partial charge is 0.423 e. The molecule has 1 saturated heterocycles. The summed E-state index contributed by atoms with van der Waals surface area (Å²) in [6.45, 7) is -0.563. The van der Waals surface area contributed by atoms with Crippen molar-refractivity contribution in [2.75, 3.05) is 6.54 Å². The standard InChI is InChI=1S/C31H23ClN2O6/c32-24-9-5-4-8-23(24)28(36)33(34-29(37)26-20-10-11-21(16-20)27(26)30(34)38)17-25(35)18-12-14-22(15-13-18)40-31(39)19-6-2-1-3-7-19/h1-15,20-21,26-27H,16-17H2/t20-,21-,26+,27+/m0/s1. The average molecular weight is 555 g/mol. The van der Waals surface area contributed by atoms with Crippen molar-refractivity contribution in [1.29, 1.82) is 0 Å². The summed E-state index contributed by atoms with van der Waals surface area (Å²) in [6, 6.07) is 20.6. The number of benzene rings is 3. The average Bonchev–Trinajstić information content (AvgIpc) is 3.66. The molecule has 9 heteroatoms. The molecule has 3 aromatic rings. The number of hydrogen-bond donors (Lipinski definition) is 0.